The third kappa shape index (κ3) is 3.62. The van der Waals surface area contributed by atoms with Crippen LogP contribution in [0.3, 0.4) is 0 Å². The van der Waals surface area contributed by atoms with E-state index in [1.807, 2.05) is 0 Å². The second kappa shape index (κ2) is 5.52. The van der Waals surface area contributed by atoms with Gasteiger partial charge in [0.1, 0.15) is 5.69 Å². The molecule has 1 N–H and O–H groups in total. The first kappa shape index (κ1) is 13.3. The van der Waals surface area contributed by atoms with E-state index in [9.17, 15) is 9.59 Å². The molecule has 0 fully saturated rings. The summed E-state index contributed by atoms with van der Waals surface area (Å²) in [4.78, 5) is 22.9. The van der Waals surface area contributed by atoms with Gasteiger partial charge in [-0.3, -0.25) is 4.79 Å². The number of nitrogens with zero attached hydrogens (tertiary/aromatic N) is 1. The molecule has 1 aromatic heterocycles. The average molecular weight is 238 g/mol. The van der Waals surface area contributed by atoms with Crippen molar-refractivity contribution in [2.75, 3.05) is 5.32 Å². The molecule has 0 aliphatic carbocycles. The number of hydrogen-bond acceptors (Lipinski definition) is 3. The SMILES string of the molecule is CCC(=O)Nc1cc(C(=O)OC(C)C)n(C)c1. The van der Waals surface area contributed by atoms with E-state index < -0.39 is 0 Å². The zero-order chi connectivity index (χ0) is 13.0. The summed E-state index contributed by atoms with van der Waals surface area (Å²) in [6.07, 6.45) is 1.93. The molecule has 17 heavy (non-hydrogen) atoms. The van der Waals surface area contributed by atoms with E-state index in [0.717, 1.165) is 0 Å². The van der Waals surface area contributed by atoms with Crippen LogP contribution in [0.15, 0.2) is 12.3 Å². The molecule has 0 bridgehead atoms. The van der Waals surface area contributed by atoms with Gasteiger partial charge in [0.15, 0.2) is 0 Å². The highest BCUT2D eigenvalue weighted by atomic mass is 16.5. The molecule has 1 rings (SSSR count). The van der Waals surface area contributed by atoms with Crippen molar-refractivity contribution in [3.63, 3.8) is 0 Å². The van der Waals surface area contributed by atoms with Gasteiger partial charge in [-0.15, -0.1) is 0 Å². The van der Waals surface area contributed by atoms with Crippen molar-refractivity contribution >= 4 is 17.6 Å². The Morgan fingerprint density at radius 3 is 2.65 bits per heavy atom. The molecule has 1 aromatic rings. The number of aryl methyl sites for hydroxylation is 1. The summed E-state index contributed by atoms with van der Waals surface area (Å²) in [6.45, 7) is 5.35. The van der Waals surface area contributed by atoms with Crippen LogP contribution in [-0.4, -0.2) is 22.5 Å². The Balaban J connectivity index is 2.81. The number of anilines is 1. The monoisotopic (exact) mass is 238 g/mol. The lowest BCUT2D eigenvalue weighted by Gasteiger charge is -2.07. The molecule has 0 saturated carbocycles. The molecule has 0 aromatic carbocycles. The van der Waals surface area contributed by atoms with Gasteiger partial charge in [0.05, 0.1) is 11.8 Å². The fourth-order valence-electron chi connectivity index (χ4n) is 1.36. The van der Waals surface area contributed by atoms with Crippen molar-refractivity contribution in [3.8, 4) is 0 Å². The Kier molecular flexibility index (Phi) is 4.31. The highest BCUT2D eigenvalue weighted by Crippen LogP contribution is 2.14. The molecule has 0 aliphatic heterocycles. The Morgan fingerprint density at radius 2 is 2.12 bits per heavy atom. The van der Waals surface area contributed by atoms with Crippen LogP contribution in [0, 0.1) is 0 Å². The van der Waals surface area contributed by atoms with Gasteiger partial charge in [-0.2, -0.15) is 0 Å². The summed E-state index contributed by atoms with van der Waals surface area (Å²) in [7, 11) is 1.73. The number of rotatable bonds is 4. The number of carbonyl (C=O) groups excluding carboxylic acids is 2. The average Bonchev–Trinajstić information content (AvgIpc) is 2.58. The summed E-state index contributed by atoms with van der Waals surface area (Å²) >= 11 is 0. The van der Waals surface area contributed by atoms with Crippen LogP contribution in [0.25, 0.3) is 0 Å². The highest BCUT2D eigenvalue weighted by Gasteiger charge is 2.15. The van der Waals surface area contributed by atoms with Crippen molar-refractivity contribution in [1.82, 2.24) is 4.57 Å². The lowest BCUT2D eigenvalue weighted by atomic mass is 10.3. The molecule has 0 atom stereocenters. The fourth-order valence-corrected chi connectivity index (χ4v) is 1.36. The van der Waals surface area contributed by atoms with Crippen molar-refractivity contribution in [2.24, 2.45) is 7.05 Å². The van der Waals surface area contributed by atoms with E-state index in [-0.39, 0.29) is 18.0 Å². The number of amides is 1. The van der Waals surface area contributed by atoms with Crippen molar-refractivity contribution in [1.29, 1.82) is 0 Å². The minimum atomic E-state index is -0.389. The van der Waals surface area contributed by atoms with Gasteiger partial charge in [-0.25, -0.2) is 4.79 Å². The Labute approximate surface area is 101 Å². The Hall–Kier alpha value is -1.78. The van der Waals surface area contributed by atoms with Gasteiger partial charge in [0.2, 0.25) is 5.91 Å². The molecule has 1 heterocycles. The standard InChI is InChI=1S/C12H18N2O3/c1-5-11(15)13-9-6-10(14(4)7-9)12(16)17-8(2)3/h6-8H,5H2,1-4H3,(H,13,15). The van der Waals surface area contributed by atoms with Crippen LogP contribution in [-0.2, 0) is 16.6 Å². The first-order chi connectivity index (χ1) is 7.93. The number of aromatic nitrogens is 1. The van der Waals surface area contributed by atoms with Gasteiger partial charge in [0.25, 0.3) is 0 Å². The van der Waals surface area contributed by atoms with Crippen LogP contribution >= 0.6 is 0 Å². The smallest absolute Gasteiger partial charge is 0.355 e. The van der Waals surface area contributed by atoms with Crippen molar-refractivity contribution in [3.05, 3.63) is 18.0 Å². The quantitative estimate of drug-likeness (QED) is 0.815. The molecular weight excluding hydrogens is 220 g/mol. The van der Waals surface area contributed by atoms with E-state index in [1.54, 1.807) is 44.6 Å². The number of carbonyl (C=O) groups is 2. The molecule has 0 spiro atoms. The first-order valence-electron chi connectivity index (χ1n) is 5.61. The van der Waals surface area contributed by atoms with Crippen LogP contribution in [0.4, 0.5) is 5.69 Å². The molecular formula is C12H18N2O3. The molecule has 5 heteroatoms. The van der Waals surface area contributed by atoms with Gasteiger partial charge in [-0.05, 0) is 19.9 Å². The zero-order valence-corrected chi connectivity index (χ0v) is 10.6. The minimum absolute atomic E-state index is 0.0839. The molecule has 0 radical (unpaired) electrons. The largest absolute Gasteiger partial charge is 0.458 e. The van der Waals surface area contributed by atoms with Crippen molar-refractivity contribution in [2.45, 2.75) is 33.3 Å². The summed E-state index contributed by atoms with van der Waals surface area (Å²) < 4.78 is 6.72. The van der Waals surface area contributed by atoms with E-state index in [4.69, 9.17) is 4.74 Å². The Bertz CT molecular complexity index is 421. The predicted octanol–water partition coefficient (Wildman–Crippen LogP) is 1.94. The molecule has 0 aliphatic rings. The number of ether oxygens (including phenoxy) is 1. The molecule has 5 nitrogen and oxygen atoms in total. The zero-order valence-electron chi connectivity index (χ0n) is 10.6. The summed E-state index contributed by atoms with van der Waals surface area (Å²) in [5.41, 5.74) is 1.03. The number of esters is 1. The fraction of sp³-hybridized carbons (Fsp3) is 0.500. The topological polar surface area (TPSA) is 60.3 Å². The molecule has 0 saturated heterocycles. The highest BCUT2D eigenvalue weighted by molar-refractivity contribution is 5.94. The maximum atomic E-state index is 11.7. The summed E-state index contributed by atoms with van der Waals surface area (Å²) in [6, 6.07) is 1.61. The summed E-state index contributed by atoms with van der Waals surface area (Å²) in [5.74, 6) is -0.473. The Morgan fingerprint density at radius 1 is 1.47 bits per heavy atom. The predicted molar refractivity (Wildman–Crippen MR) is 64.9 cm³/mol. The number of nitrogens with one attached hydrogen (secondary N) is 1. The van der Waals surface area contributed by atoms with E-state index >= 15 is 0 Å². The van der Waals surface area contributed by atoms with Crippen molar-refractivity contribution < 1.29 is 14.3 Å². The maximum Gasteiger partial charge on any atom is 0.355 e. The normalized spacial score (nSPS) is 10.4. The van der Waals surface area contributed by atoms with E-state index in [1.165, 1.54) is 0 Å². The molecule has 1 amide bonds. The van der Waals surface area contributed by atoms with Gasteiger partial charge < -0.3 is 14.6 Å². The van der Waals surface area contributed by atoms with Crippen LogP contribution in [0.2, 0.25) is 0 Å². The molecule has 94 valence electrons. The maximum absolute atomic E-state index is 11.7. The second-order valence-corrected chi connectivity index (χ2v) is 4.08. The number of hydrogen-bond donors (Lipinski definition) is 1. The second-order valence-electron chi connectivity index (χ2n) is 4.08. The van der Waals surface area contributed by atoms with Crippen LogP contribution in [0.1, 0.15) is 37.7 Å². The summed E-state index contributed by atoms with van der Waals surface area (Å²) in [5, 5.41) is 2.69. The first-order valence-corrected chi connectivity index (χ1v) is 5.61. The molecule has 0 unspecified atom stereocenters. The van der Waals surface area contributed by atoms with Gasteiger partial charge in [-0.1, -0.05) is 6.92 Å². The lowest BCUT2D eigenvalue weighted by molar-refractivity contribution is -0.115. The van der Waals surface area contributed by atoms with E-state index in [0.29, 0.717) is 17.8 Å². The van der Waals surface area contributed by atoms with Crippen LogP contribution in [0.5, 0.6) is 0 Å². The lowest BCUT2D eigenvalue weighted by Crippen LogP contribution is -2.14. The van der Waals surface area contributed by atoms with Gasteiger partial charge >= 0.3 is 5.97 Å². The van der Waals surface area contributed by atoms with E-state index in [2.05, 4.69) is 5.32 Å². The third-order valence-electron chi connectivity index (χ3n) is 2.16. The van der Waals surface area contributed by atoms with Gasteiger partial charge in [0, 0.05) is 19.7 Å². The third-order valence-corrected chi connectivity index (χ3v) is 2.16. The van der Waals surface area contributed by atoms with Crippen LogP contribution < -0.4 is 5.32 Å². The minimum Gasteiger partial charge on any atom is -0.458 e.